The fourth-order valence-electron chi connectivity index (χ4n) is 1.35. The molecule has 1 aromatic heterocycles. The van der Waals surface area contributed by atoms with Crippen molar-refractivity contribution in [1.29, 1.82) is 0 Å². The molecular formula is C12H14BrFN2. The highest BCUT2D eigenvalue weighted by molar-refractivity contribution is 9.10. The molecule has 0 atom stereocenters. The molecule has 0 unspecified atom stereocenters. The highest BCUT2D eigenvalue weighted by Gasteiger charge is 2.06. The smallest absolute Gasteiger partial charge is 0.138 e. The van der Waals surface area contributed by atoms with Crippen LogP contribution in [0.3, 0.4) is 0 Å². The molecule has 0 saturated carbocycles. The number of hydrogen-bond donors (Lipinski definition) is 1. The normalized spacial score (nSPS) is 9.81. The summed E-state index contributed by atoms with van der Waals surface area (Å²) in [5.41, 5.74) is 7.03. The number of fused-ring (bicyclic) bond motifs is 1. The Labute approximate surface area is 103 Å². The first kappa shape index (κ1) is 12.9. The molecule has 2 rings (SSSR count). The van der Waals surface area contributed by atoms with E-state index in [9.17, 15) is 4.39 Å². The van der Waals surface area contributed by atoms with Gasteiger partial charge in [-0.05, 0) is 46.6 Å². The number of anilines is 1. The standard InChI is InChI=1S/C10H8BrFN2.C2H6/c1-5-2-8(12)6-4-7(11)10(13)14-9(6)3-5;1-2/h2-4H,1H3,(H2,13,14);1-2H3. The summed E-state index contributed by atoms with van der Waals surface area (Å²) in [6, 6.07) is 4.93. The van der Waals surface area contributed by atoms with E-state index in [-0.39, 0.29) is 5.82 Å². The van der Waals surface area contributed by atoms with Crippen molar-refractivity contribution >= 4 is 32.7 Å². The first-order chi connectivity index (χ1) is 7.58. The van der Waals surface area contributed by atoms with Gasteiger partial charge < -0.3 is 5.73 Å². The van der Waals surface area contributed by atoms with Crippen LogP contribution < -0.4 is 5.73 Å². The Bertz CT molecular complexity index is 512. The SMILES string of the molecule is CC.Cc1cc(F)c2cc(Br)c(N)nc2c1. The van der Waals surface area contributed by atoms with E-state index in [0.717, 1.165) is 5.56 Å². The summed E-state index contributed by atoms with van der Waals surface area (Å²) >= 11 is 3.21. The number of pyridine rings is 1. The van der Waals surface area contributed by atoms with Gasteiger partial charge in [0, 0.05) is 5.39 Å². The van der Waals surface area contributed by atoms with Crippen molar-refractivity contribution in [2.75, 3.05) is 5.73 Å². The third-order valence-electron chi connectivity index (χ3n) is 2.01. The lowest BCUT2D eigenvalue weighted by molar-refractivity contribution is 0.638. The van der Waals surface area contributed by atoms with Crippen LogP contribution in [0.4, 0.5) is 10.2 Å². The van der Waals surface area contributed by atoms with Gasteiger partial charge in [0.05, 0.1) is 9.99 Å². The summed E-state index contributed by atoms with van der Waals surface area (Å²) in [6.07, 6.45) is 0. The van der Waals surface area contributed by atoms with E-state index < -0.39 is 0 Å². The molecule has 1 aromatic carbocycles. The molecule has 16 heavy (non-hydrogen) atoms. The molecular weight excluding hydrogens is 271 g/mol. The maximum absolute atomic E-state index is 13.5. The van der Waals surface area contributed by atoms with E-state index in [1.165, 1.54) is 6.07 Å². The van der Waals surface area contributed by atoms with Gasteiger partial charge in [-0.15, -0.1) is 0 Å². The molecule has 2 nitrogen and oxygen atoms in total. The van der Waals surface area contributed by atoms with Crippen molar-refractivity contribution in [3.63, 3.8) is 0 Å². The lowest BCUT2D eigenvalue weighted by atomic mass is 10.1. The lowest BCUT2D eigenvalue weighted by Gasteiger charge is -2.03. The fraction of sp³-hybridized carbons (Fsp3) is 0.250. The van der Waals surface area contributed by atoms with E-state index in [2.05, 4.69) is 20.9 Å². The zero-order valence-corrected chi connectivity index (χ0v) is 11.1. The molecule has 0 amide bonds. The lowest BCUT2D eigenvalue weighted by Crippen LogP contribution is -1.94. The Morgan fingerprint density at radius 1 is 1.25 bits per heavy atom. The maximum Gasteiger partial charge on any atom is 0.138 e. The number of aryl methyl sites for hydroxylation is 1. The Hall–Kier alpha value is -1.16. The highest BCUT2D eigenvalue weighted by Crippen LogP contribution is 2.25. The van der Waals surface area contributed by atoms with Gasteiger partial charge in [-0.3, -0.25) is 0 Å². The molecule has 0 fully saturated rings. The average Bonchev–Trinajstić information content (AvgIpc) is 2.24. The van der Waals surface area contributed by atoms with Crippen LogP contribution in [0.5, 0.6) is 0 Å². The van der Waals surface area contributed by atoms with Gasteiger partial charge in [0.1, 0.15) is 11.6 Å². The number of halogens is 2. The maximum atomic E-state index is 13.5. The topological polar surface area (TPSA) is 38.9 Å². The van der Waals surface area contributed by atoms with Gasteiger partial charge in [0.15, 0.2) is 0 Å². The van der Waals surface area contributed by atoms with Crippen molar-refractivity contribution in [3.05, 3.63) is 34.1 Å². The molecule has 2 aromatic rings. The average molecular weight is 285 g/mol. The van der Waals surface area contributed by atoms with Crippen LogP contribution in [0.25, 0.3) is 10.9 Å². The van der Waals surface area contributed by atoms with Gasteiger partial charge in [-0.1, -0.05) is 13.8 Å². The second kappa shape index (κ2) is 5.25. The Morgan fingerprint density at radius 3 is 2.50 bits per heavy atom. The number of benzene rings is 1. The van der Waals surface area contributed by atoms with Crippen LogP contribution in [0, 0.1) is 12.7 Å². The first-order valence-electron chi connectivity index (χ1n) is 5.10. The Morgan fingerprint density at radius 2 is 1.88 bits per heavy atom. The monoisotopic (exact) mass is 284 g/mol. The van der Waals surface area contributed by atoms with Crippen LogP contribution in [0.2, 0.25) is 0 Å². The number of aromatic nitrogens is 1. The first-order valence-corrected chi connectivity index (χ1v) is 5.89. The minimum atomic E-state index is -0.270. The van der Waals surface area contributed by atoms with Crippen molar-refractivity contribution in [2.24, 2.45) is 0 Å². The van der Waals surface area contributed by atoms with Crippen LogP contribution >= 0.6 is 15.9 Å². The third kappa shape index (κ3) is 2.50. The number of nitrogens with zero attached hydrogens (tertiary/aromatic N) is 1. The zero-order chi connectivity index (χ0) is 12.3. The Balaban J connectivity index is 0.000000606. The molecule has 1 heterocycles. The summed E-state index contributed by atoms with van der Waals surface area (Å²) in [7, 11) is 0. The number of nitrogens with two attached hydrogens (primary N) is 1. The number of hydrogen-bond acceptors (Lipinski definition) is 2. The highest BCUT2D eigenvalue weighted by atomic mass is 79.9. The van der Waals surface area contributed by atoms with Gasteiger partial charge in [-0.2, -0.15) is 0 Å². The third-order valence-corrected chi connectivity index (χ3v) is 2.64. The largest absolute Gasteiger partial charge is 0.383 e. The van der Waals surface area contributed by atoms with Crippen LogP contribution in [-0.2, 0) is 0 Å². The molecule has 0 aliphatic heterocycles. The summed E-state index contributed by atoms with van der Waals surface area (Å²) in [4.78, 5) is 4.09. The molecule has 0 radical (unpaired) electrons. The van der Waals surface area contributed by atoms with Gasteiger partial charge in [-0.25, -0.2) is 9.37 Å². The summed E-state index contributed by atoms with van der Waals surface area (Å²) < 4.78 is 14.1. The van der Waals surface area contributed by atoms with Crippen LogP contribution in [0.15, 0.2) is 22.7 Å². The van der Waals surface area contributed by atoms with Crippen molar-refractivity contribution < 1.29 is 4.39 Å². The predicted octanol–water partition coefficient (Wildman–Crippen LogP) is 4.05. The Kier molecular flexibility index (Phi) is 4.24. The predicted molar refractivity (Wildman–Crippen MR) is 69.9 cm³/mol. The van der Waals surface area contributed by atoms with Crippen molar-refractivity contribution in [2.45, 2.75) is 20.8 Å². The van der Waals surface area contributed by atoms with Crippen molar-refractivity contribution in [3.8, 4) is 0 Å². The molecule has 4 heteroatoms. The van der Waals surface area contributed by atoms with E-state index in [1.54, 1.807) is 12.1 Å². The molecule has 0 aliphatic rings. The van der Waals surface area contributed by atoms with E-state index in [0.29, 0.717) is 21.2 Å². The van der Waals surface area contributed by atoms with Crippen molar-refractivity contribution in [1.82, 2.24) is 4.98 Å². The zero-order valence-electron chi connectivity index (χ0n) is 9.51. The minimum Gasteiger partial charge on any atom is -0.383 e. The summed E-state index contributed by atoms with van der Waals surface area (Å²) in [6.45, 7) is 5.82. The van der Waals surface area contributed by atoms with Crippen LogP contribution in [0.1, 0.15) is 19.4 Å². The van der Waals surface area contributed by atoms with Gasteiger partial charge in [0.2, 0.25) is 0 Å². The second-order valence-electron chi connectivity index (χ2n) is 3.17. The van der Waals surface area contributed by atoms with E-state index in [1.807, 2.05) is 20.8 Å². The van der Waals surface area contributed by atoms with Gasteiger partial charge >= 0.3 is 0 Å². The quantitative estimate of drug-likeness (QED) is 0.793. The van der Waals surface area contributed by atoms with Crippen LogP contribution in [-0.4, -0.2) is 4.98 Å². The molecule has 0 bridgehead atoms. The van der Waals surface area contributed by atoms with E-state index in [4.69, 9.17) is 5.73 Å². The minimum absolute atomic E-state index is 0.270. The molecule has 2 N–H and O–H groups in total. The molecule has 0 spiro atoms. The summed E-state index contributed by atoms with van der Waals surface area (Å²) in [5, 5.41) is 0.483. The fourth-order valence-corrected chi connectivity index (χ4v) is 1.67. The van der Waals surface area contributed by atoms with Gasteiger partial charge in [0.25, 0.3) is 0 Å². The molecule has 0 aliphatic carbocycles. The second-order valence-corrected chi connectivity index (χ2v) is 4.02. The molecule has 0 saturated heterocycles. The number of nitrogen functional groups attached to an aromatic ring is 1. The number of rotatable bonds is 0. The molecule has 86 valence electrons. The van der Waals surface area contributed by atoms with E-state index >= 15 is 0 Å². The summed E-state index contributed by atoms with van der Waals surface area (Å²) in [5.74, 6) is 0.107.